The van der Waals surface area contributed by atoms with Crippen LogP contribution in [-0.2, 0) is 0 Å². The minimum absolute atomic E-state index is 1.17. The summed E-state index contributed by atoms with van der Waals surface area (Å²) in [5.74, 6) is 0. The number of fused-ring (bicyclic) bond motifs is 3. The van der Waals surface area contributed by atoms with Crippen LogP contribution < -0.4 is 0 Å². The van der Waals surface area contributed by atoms with E-state index in [2.05, 4.69) is 56.1 Å². The van der Waals surface area contributed by atoms with E-state index in [4.69, 9.17) is 0 Å². The highest BCUT2D eigenvalue weighted by Crippen LogP contribution is 2.29. The van der Waals surface area contributed by atoms with Crippen molar-refractivity contribution in [2.45, 2.75) is 6.92 Å². The van der Waals surface area contributed by atoms with Crippen LogP contribution in [0.15, 0.2) is 42.5 Å². The van der Waals surface area contributed by atoms with E-state index in [9.17, 15) is 0 Å². The summed E-state index contributed by atoms with van der Waals surface area (Å²) in [4.78, 5) is 0. The molecule has 15 heavy (non-hydrogen) atoms. The number of rotatable bonds is 0. The van der Waals surface area contributed by atoms with Gasteiger partial charge in [-0.2, -0.15) is 0 Å². The van der Waals surface area contributed by atoms with E-state index < -0.39 is 0 Å². The molecule has 0 spiro atoms. The summed E-state index contributed by atoms with van der Waals surface area (Å²) in [6, 6.07) is 14.8. The highest BCUT2D eigenvalue weighted by atomic mass is 32.1. The van der Waals surface area contributed by atoms with Gasteiger partial charge in [-0.15, -0.1) is 0 Å². The highest BCUT2D eigenvalue weighted by Gasteiger charge is 2.07. The molecule has 0 saturated carbocycles. The van der Waals surface area contributed by atoms with E-state index in [0.717, 1.165) is 0 Å². The van der Waals surface area contributed by atoms with Crippen LogP contribution in [0.5, 0.6) is 0 Å². The van der Waals surface area contributed by atoms with Crippen molar-refractivity contribution in [1.82, 2.24) is 3.97 Å². The molecule has 0 aliphatic carbocycles. The van der Waals surface area contributed by atoms with Gasteiger partial charge >= 0.3 is 0 Å². The monoisotopic (exact) mass is 213 g/mol. The number of thiol groups is 1. The lowest BCUT2D eigenvalue weighted by Gasteiger charge is -1.96. The summed E-state index contributed by atoms with van der Waals surface area (Å²) < 4.78 is 1.96. The van der Waals surface area contributed by atoms with Crippen LogP contribution in [0.25, 0.3) is 21.8 Å². The second-order valence-electron chi connectivity index (χ2n) is 3.85. The Morgan fingerprint density at radius 1 is 0.933 bits per heavy atom. The van der Waals surface area contributed by atoms with Crippen molar-refractivity contribution in [3.63, 3.8) is 0 Å². The summed E-state index contributed by atoms with van der Waals surface area (Å²) in [5.41, 5.74) is 3.61. The molecule has 3 aromatic rings. The van der Waals surface area contributed by atoms with Gasteiger partial charge in [0, 0.05) is 10.8 Å². The Labute approximate surface area is 93.9 Å². The first-order valence-electron chi connectivity index (χ1n) is 4.96. The molecule has 0 unspecified atom stereocenters. The maximum atomic E-state index is 4.53. The van der Waals surface area contributed by atoms with Crippen molar-refractivity contribution in [3.8, 4) is 0 Å². The van der Waals surface area contributed by atoms with E-state index in [1.807, 2.05) is 10.0 Å². The molecular weight excluding hydrogens is 202 g/mol. The zero-order chi connectivity index (χ0) is 10.4. The third-order valence-corrected chi connectivity index (χ3v) is 3.23. The molecule has 0 saturated heterocycles. The lowest BCUT2D eigenvalue weighted by molar-refractivity contribution is 1.41. The van der Waals surface area contributed by atoms with Crippen molar-refractivity contribution < 1.29 is 0 Å². The van der Waals surface area contributed by atoms with Gasteiger partial charge in [0.25, 0.3) is 0 Å². The Morgan fingerprint density at radius 3 is 2.53 bits per heavy atom. The molecule has 0 fully saturated rings. The fourth-order valence-corrected chi connectivity index (χ4v) is 2.40. The van der Waals surface area contributed by atoms with Crippen molar-refractivity contribution in [2.24, 2.45) is 0 Å². The molecule has 0 aliphatic heterocycles. The lowest BCUT2D eigenvalue weighted by Crippen LogP contribution is -1.79. The Hall–Kier alpha value is -1.41. The van der Waals surface area contributed by atoms with E-state index in [1.54, 1.807) is 0 Å². The topological polar surface area (TPSA) is 4.93 Å². The largest absolute Gasteiger partial charge is 0.286 e. The average molecular weight is 213 g/mol. The van der Waals surface area contributed by atoms with Crippen LogP contribution in [0.1, 0.15) is 5.56 Å². The Morgan fingerprint density at radius 2 is 1.67 bits per heavy atom. The second-order valence-corrected chi connectivity index (χ2v) is 4.25. The summed E-state index contributed by atoms with van der Waals surface area (Å²) in [6.45, 7) is 2.10. The fourth-order valence-electron chi connectivity index (χ4n) is 2.06. The van der Waals surface area contributed by atoms with Crippen LogP contribution in [0.4, 0.5) is 0 Å². The third kappa shape index (κ3) is 1.18. The number of aryl methyl sites for hydroxylation is 1. The van der Waals surface area contributed by atoms with Crippen molar-refractivity contribution in [2.75, 3.05) is 0 Å². The molecule has 2 heteroatoms. The summed E-state index contributed by atoms with van der Waals surface area (Å²) in [6.07, 6.45) is 0. The molecule has 0 atom stereocenters. The maximum Gasteiger partial charge on any atom is 0.0604 e. The van der Waals surface area contributed by atoms with Gasteiger partial charge in [-0.25, -0.2) is 0 Å². The molecule has 0 radical (unpaired) electrons. The molecule has 1 heterocycles. The first-order valence-corrected chi connectivity index (χ1v) is 5.36. The number of aromatic nitrogens is 1. The smallest absolute Gasteiger partial charge is 0.0604 e. The van der Waals surface area contributed by atoms with E-state index >= 15 is 0 Å². The Balaban J connectivity index is 2.63. The van der Waals surface area contributed by atoms with Gasteiger partial charge in [0.15, 0.2) is 0 Å². The van der Waals surface area contributed by atoms with Crippen LogP contribution in [0, 0.1) is 6.92 Å². The van der Waals surface area contributed by atoms with Gasteiger partial charge in [0.2, 0.25) is 0 Å². The Kier molecular flexibility index (Phi) is 1.80. The maximum absolute atomic E-state index is 4.53. The van der Waals surface area contributed by atoms with Gasteiger partial charge < -0.3 is 0 Å². The number of benzene rings is 2. The lowest BCUT2D eigenvalue weighted by atomic mass is 10.1. The quantitative estimate of drug-likeness (QED) is 0.542. The molecule has 0 amide bonds. The molecule has 1 nitrogen and oxygen atoms in total. The van der Waals surface area contributed by atoms with Gasteiger partial charge in [-0.05, 0) is 24.6 Å². The summed E-state index contributed by atoms with van der Waals surface area (Å²) >= 11 is 4.53. The zero-order valence-corrected chi connectivity index (χ0v) is 9.33. The molecule has 2 aromatic carbocycles. The van der Waals surface area contributed by atoms with E-state index in [0.29, 0.717) is 0 Å². The minimum atomic E-state index is 1.17. The second kappa shape index (κ2) is 3.04. The number of nitrogens with zero attached hydrogens (tertiary/aromatic N) is 1. The first kappa shape index (κ1) is 8.86. The van der Waals surface area contributed by atoms with E-state index in [-0.39, 0.29) is 0 Å². The number of para-hydroxylation sites is 1. The number of hydrogen-bond acceptors (Lipinski definition) is 1. The fraction of sp³-hybridized carbons (Fsp3) is 0.0769. The SMILES string of the molecule is Cc1ccc2c3ccccc3n(S)c2c1. The van der Waals surface area contributed by atoms with Gasteiger partial charge in [0.1, 0.15) is 0 Å². The van der Waals surface area contributed by atoms with Crippen LogP contribution in [0.2, 0.25) is 0 Å². The highest BCUT2D eigenvalue weighted by molar-refractivity contribution is 7.79. The minimum Gasteiger partial charge on any atom is -0.286 e. The zero-order valence-electron chi connectivity index (χ0n) is 8.44. The van der Waals surface area contributed by atoms with Crippen molar-refractivity contribution in [1.29, 1.82) is 0 Å². The van der Waals surface area contributed by atoms with Gasteiger partial charge in [0.05, 0.1) is 11.0 Å². The molecular formula is C13H11NS. The standard InChI is InChI=1S/C13H11NS/c1-9-6-7-11-10-4-2-3-5-12(10)14(15)13(11)8-9/h2-8,15H,1H3. The van der Waals surface area contributed by atoms with Gasteiger partial charge in [-0.1, -0.05) is 43.1 Å². The van der Waals surface area contributed by atoms with Crippen molar-refractivity contribution in [3.05, 3.63) is 48.0 Å². The third-order valence-electron chi connectivity index (χ3n) is 2.80. The molecule has 0 N–H and O–H groups in total. The van der Waals surface area contributed by atoms with Gasteiger partial charge in [-0.3, -0.25) is 3.97 Å². The van der Waals surface area contributed by atoms with Crippen LogP contribution >= 0.6 is 12.8 Å². The molecule has 74 valence electrons. The normalized spacial score (nSPS) is 11.3. The molecule has 3 rings (SSSR count). The molecule has 0 aliphatic rings. The molecule has 0 bridgehead atoms. The average Bonchev–Trinajstić information content (AvgIpc) is 2.54. The van der Waals surface area contributed by atoms with Crippen molar-refractivity contribution >= 4 is 34.6 Å². The molecule has 1 aromatic heterocycles. The summed E-state index contributed by atoms with van der Waals surface area (Å²) in [7, 11) is 0. The first-order chi connectivity index (χ1) is 7.27. The Bertz CT molecular complexity index is 652. The predicted molar refractivity (Wildman–Crippen MR) is 68.6 cm³/mol. The predicted octanol–water partition coefficient (Wildman–Crippen LogP) is 3.80. The van der Waals surface area contributed by atoms with Crippen LogP contribution in [-0.4, -0.2) is 3.97 Å². The van der Waals surface area contributed by atoms with E-state index in [1.165, 1.54) is 27.4 Å². The number of hydrogen-bond donors (Lipinski definition) is 1. The van der Waals surface area contributed by atoms with Crippen LogP contribution in [0.3, 0.4) is 0 Å². The summed E-state index contributed by atoms with van der Waals surface area (Å²) in [5, 5.41) is 2.54.